The van der Waals surface area contributed by atoms with Crippen LogP contribution < -0.4 is 9.47 Å². The van der Waals surface area contributed by atoms with Gasteiger partial charge in [-0.1, -0.05) is 30.3 Å². The molecule has 6 heteroatoms. The van der Waals surface area contributed by atoms with Crippen molar-refractivity contribution in [2.75, 3.05) is 6.61 Å². The summed E-state index contributed by atoms with van der Waals surface area (Å²) in [6, 6.07) is 20.2. The molecule has 0 radical (unpaired) electrons. The van der Waals surface area contributed by atoms with Crippen LogP contribution >= 0.6 is 45.2 Å². The molecule has 3 aromatic carbocycles. The Kier molecular flexibility index (Phi) is 8.10. The van der Waals surface area contributed by atoms with Crippen LogP contribution in [-0.2, 0) is 6.61 Å². The van der Waals surface area contributed by atoms with Crippen LogP contribution in [-0.4, -0.2) is 6.61 Å². The molecule has 0 atom stereocenters. The van der Waals surface area contributed by atoms with Gasteiger partial charge in [-0.2, -0.15) is 5.26 Å². The maximum absolute atomic E-state index is 14.1. The minimum atomic E-state index is -0.428. The highest BCUT2D eigenvalue weighted by molar-refractivity contribution is 14.1. The zero-order valence-corrected chi connectivity index (χ0v) is 20.5. The summed E-state index contributed by atoms with van der Waals surface area (Å²) in [5.74, 6) is 0.812. The molecule has 0 amide bonds. The molecule has 3 rings (SSSR count). The number of hydrogen-bond donors (Lipinski definition) is 0. The third-order valence-electron chi connectivity index (χ3n) is 4.22. The first-order valence-corrected chi connectivity index (χ1v) is 11.4. The van der Waals surface area contributed by atoms with Crippen molar-refractivity contribution in [1.29, 1.82) is 5.26 Å². The molecule has 152 valence electrons. The first kappa shape index (κ1) is 22.6. The Bertz CT molecular complexity index is 1110. The third kappa shape index (κ3) is 5.73. The number of allylic oxidation sites excluding steroid dienone is 1. The molecular formula is C24H18FI2NO2. The van der Waals surface area contributed by atoms with E-state index in [2.05, 4.69) is 51.3 Å². The number of ether oxygens (including phenoxy) is 2. The van der Waals surface area contributed by atoms with Gasteiger partial charge in [0.1, 0.15) is 12.4 Å². The minimum absolute atomic E-state index is 0.249. The van der Waals surface area contributed by atoms with Gasteiger partial charge in [0, 0.05) is 9.13 Å². The third-order valence-corrected chi connectivity index (χ3v) is 5.74. The van der Waals surface area contributed by atoms with E-state index < -0.39 is 5.82 Å². The van der Waals surface area contributed by atoms with Crippen molar-refractivity contribution in [3.63, 3.8) is 0 Å². The topological polar surface area (TPSA) is 42.2 Å². The average molecular weight is 625 g/mol. The summed E-state index contributed by atoms with van der Waals surface area (Å²) in [6.45, 7) is 2.79. The molecule has 0 fully saturated rings. The van der Waals surface area contributed by atoms with E-state index in [0.29, 0.717) is 24.7 Å². The maximum Gasteiger partial charge on any atom is 0.175 e. The van der Waals surface area contributed by atoms with E-state index in [1.807, 2.05) is 43.3 Å². The van der Waals surface area contributed by atoms with E-state index in [1.165, 1.54) is 9.64 Å². The van der Waals surface area contributed by atoms with Gasteiger partial charge in [-0.25, -0.2) is 4.39 Å². The Morgan fingerprint density at radius 2 is 1.80 bits per heavy atom. The van der Waals surface area contributed by atoms with Gasteiger partial charge in [-0.15, -0.1) is 0 Å². The van der Waals surface area contributed by atoms with Crippen LogP contribution in [0.3, 0.4) is 0 Å². The molecule has 0 saturated carbocycles. The lowest BCUT2D eigenvalue weighted by atomic mass is 10.0. The quantitative estimate of drug-likeness (QED) is 0.160. The van der Waals surface area contributed by atoms with Gasteiger partial charge in [0.2, 0.25) is 0 Å². The normalized spacial score (nSPS) is 11.1. The molecule has 0 N–H and O–H groups in total. The van der Waals surface area contributed by atoms with Gasteiger partial charge in [-0.3, -0.25) is 0 Å². The zero-order valence-electron chi connectivity index (χ0n) is 16.2. The molecule has 0 aliphatic heterocycles. The summed E-state index contributed by atoms with van der Waals surface area (Å²) in [5, 5.41) is 9.55. The summed E-state index contributed by atoms with van der Waals surface area (Å²) in [5.41, 5.74) is 2.32. The van der Waals surface area contributed by atoms with Gasteiger partial charge in [0.15, 0.2) is 11.5 Å². The van der Waals surface area contributed by atoms with Gasteiger partial charge < -0.3 is 9.47 Å². The van der Waals surface area contributed by atoms with E-state index in [1.54, 1.807) is 24.3 Å². The van der Waals surface area contributed by atoms with Crippen LogP contribution in [0.5, 0.6) is 11.5 Å². The Balaban J connectivity index is 1.93. The Labute approximate surface area is 202 Å². The molecule has 3 aromatic rings. The molecule has 0 unspecified atom stereocenters. The second-order valence-electron chi connectivity index (χ2n) is 6.33. The molecule has 0 bridgehead atoms. The molecule has 0 aliphatic carbocycles. The van der Waals surface area contributed by atoms with Crippen LogP contribution in [0.4, 0.5) is 4.39 Å². The molecule has 0 saturated heterocycles. The van der Waals surface area contributed by atoms with E-state index in [-0.39, 0.29) is 11.1 Å². The molecular weight excluding hydrogens is 607 g/mol. The Morgan fingerprint density at radius 1 is 1.07 bits per heavy atom. The lowest BCUT2D eigenvalue weighted by Gasteiger charge is -2.15. The highest BCUT2D eigenvalue weighted by Crippen LogP contribution is 2.36. The number of benzene rings is 3. The van der Waals surface area contributed by atoms with Crippen molar-refractivity contribution >= 4 is 56.8 Å². The summed E-state index contributed by atoms with van der Waals surface area (Å²) in [4.78, 5) is 0. The van der Waals surface area contributed by atoms with Crippen LogP contribution in [0, 0.1) is 24.3 Å². The fourth-order valence-corrected chi connectivity index (χ4v) is 3.97. The molecule has 0 aliphatic rings. The van der Waals surface area contributed by atoms with Crippen molar-refractivity contribution in [3.8, 4) is 17.6 Å². The Morgan fingerprint density at radius 3 is 2.47 bits per heavy atom. The van der Waals surface area contributed by atoms with Crippen molar-refractivity contribution in [3.05, 3.63) is 90.3 Å². The largest absolute Gasteiger partial charge is 0.490 e. The molecule has 0 spiro atoms. The standard InChI is InChI=1S/C24H18FI2NO2/c1-2-29-23-13-17(11-18(14-28)20-5-3-4-6-21(20)25)12-22(27)24(23)30-15-16-7-9-19(26)10-8-16/h3-13H,2,15H2,1H3/b18-11-. The lowest BCUT2D eigenvalue weighted by molar-refractivity contribution is 0.267. The van der Waals surface area contributed by atoms with Crippen molar-refractivity contribution in [1.82, 2.24) is 0 Å². The number of nitrogens with zero attached hydrogens (tertiary/aromatic N) is 1. The monoisotopic (exact) mass is 625 g/mol. The predicted octanol–water partition coefficient (Wildman–Crippen LogP) is 7.08. The lowest BCUT2D eigenvalue weighted by Crippen LogP contribution is -2.02. The SMILES string of the molecule is CCOc1cc(/C=C(/C#N)c2ccccc2F)cc(I)c1OCc1ccc(I)cc1. The second-order valence-corrected chi connectivity index (χ2v) is 8.74. The fourth-order valence-electron chi connectivity index (χ4n) is 2.83. The van der Waals surface area contributed by atoms with Crippen molar-refractivity contribution in [2.24, 2.45) is 0 Å². The Hall–Kier alpha value is -2.12. The summed E-state index contributed by atoms with van der Waals surface area (Å²) in [6.07, 6.45) is 1.66. The van der Waals surface area contributed by atoms with Gasteiger partial charge in [-0.05, 0) is 99.6 Å². The van der Waals surface area contributed by atoms with E-state index in [9.17, 15) is 9.65 Å². The van der Waals surface area contributed by atoms with Crippen LogP contribution in [0.15, 0.2) is 60.7 Å². The molecule has 30 heavy (non-hydrogen) atoms. The van der Waals surface area contributed by atoms with Crippen LogP contribution in [0.1, 0.15) is 23.6 Å². The fraction of sp³-hybridized carbons (Fsp3) is 0.125. The van der Waals surface area contributed by atoms with Crippen LogP contribution in [0.2, 0.25) is 0 Å². The first-order valence-electron chi connectivity index (χ1n) is 9.22. The molecule has 0 aromatic heterocycles. The van der Waals surface area contributed by atoms with Crippen molar-refractivity contribution < 1.29 is 13.9 Å². The minimum Gasteiger partial charge on any atom is -0.490 e. The van der Waals surface area contributed by atoms with Crippen molar-refractivity contribution in [2.45, 2.75) is 13.5 Å². The highest BCUT2D eigenvalue weighted by atomic mass is 127. The van der Waals surface area contributed by atoms with E-state index in [4.69, 9.17) is 9.47 Å². The van der Waals surface area contributed by atoms with Crippen LogP contribution in [0.25, 0.3) is 11.6 Å². The smallest absolute Gasteiger partial charge is 0.175 e. The number of halogens is 3. The second kappa shape index (κ2) is 10.8. The van der Waals surface area contributed by atoms with Gasteiger partial charge >= 0.3 is 0 Å². The van der Waals surface area contributed by atoms with Gasteiger partial charge in [0.05, 0.1) is 21.8 Å². The molecule has 3 nitrogen and oxygen atoms in total. The number of hydrogen-bond acceptors (Lipinski definition) is 3. The first-order chi connectivity index (χ1) is 14.5. The number of nitriles is 1. The van der Waals surface area contributed by atoms with Gasteiger partial charge in [0.25, 0.3) is 0 Å². The predicted molar refractivity (Wildman–Crippen MR) is 134 cm³/mol. The summed E-state index contributed by atoms with van der Waals surface area (Å²) < 4.78 is 28.0. The van der Waals surface area contributed by atoms with E-state index >= 15 is 0 Å². The average Bonchev–Trinajstić information content (AvgIpc) is 2.73. The van der Waals surface area contributed by atoms with E-state index in [0.717, 1.165) is 14.7 Å². The molecule has 0 heterocycles. The zero-order chi connectivity index (χ0) is 21.5. The highest BCUT2D eigenvalue weighted by Gasteiger charge is 2.14. The summed E-state index contributed by atoms with van der Waals surface area (Å²) in [7, 11) is 0. The summed E-state index contributed by atoms with van der Waals surface area (Å²) >= 11 is 4.45. The number of rotatable bonds is 7. The maximum atomic E-state index is 14.1.